The van der Waals surface area contributed by atoms with Gasteiger partial charge in [0, 0.05) is 18.5 Å². The van der Waals surface area contributed by atoms with Crippen molar-refractivity contribution in [2.45, 2.75) is 6.92 Å². The lowest BCUT2D eigenvalue weighted by atomic mass is 10.3. The van der Waals surface area contributed by atoms with Gasteiger partial charge in [0.25, 0.3) is 6.01 Å². The van der Waals surface area contributed by atoms with Crippen molar-refractivity contribution in [2.75, 3.05) is 29.9 Å². The summed E-state index contributed by atoms with van der Waals surface area (Å²) in [7, 11) is 0. The Morgan fingerprint density at radius 1 is 1.36 bits per heavy atom. The molecule has 3 aromatic heterocycles. The number of oxazole rings is 1. The van der Waals surface area contributed by atoms with Crippen molar-refractivity contribution in [1.82, 2.24) is 20.3 Å². The van der Waals surface area contributed by atoms with Crippen molar-refractivity contribution in [2.24, 2.45) is 0 Å². The molecule has 1 aliphatic heterocycles. The second-order valence-electron chi connectivity index (χ2n) is 5.61. The highest BCUT2D eigenvalue weighted by Gasteiger charge is 2.21. The summed E-state index contributed by atoms with van der Waals surface area (Å²) in [6.07, 6.45) is 1.63. The summed E-state index contributed by atoms with van der Waals surface area (Å²) >= 11 is 1.53. The van der Waals surface area contributed by atoms with Crippen LogP contribution in [0.25, 0.3) is 11.5 Å². The first-order valence-corrected chi connectivity index (χ1v) is 8.69. The molecule has 25 heavy (non-hydrogen) atoms. The number of aryl methyl sites for hydroxylation is 1. The lowest BCUT2D eigenvalue weighted by molar-refractivity contribution is -0.120. The van der Waals surface area contributed by atoms with Crippen LogP contribution >= 0.6 is 11.3 Å². The molecule has 1 amide bonds. The van der Waals surface area contributed by atoms with Crippen LogP contribution in [0.1, 0.15) is 5.69 Å². The predicted molar refractivity (Wildman–Crippen MR) is 95.1 cm³/mol. The number of thiazole rings is 1. The zero-order valence-corrected chi connectivity index (χ0v) is 14.3. The molecule has 0 bridgehead atoms. The zero-order valence-electron chi connectivity index (χ0n) is 13.5. The van der Waals surface area contributed by atoms with Gasteiger partial charge < -0.3 is 20.0 Å². The number of pyridine rings is 1. The van der Waals surface area contributed by atoms with Gasteiger partial charge in [0.1, 0.15) is 18.1 Å². The fourth-order valence-corrected chi connectivity index (χ4v) is 3.19. The molecule has 1 aliphatic rings. The Kier molecular flexibility index (Phi) is 4.06. The average molecular weight is 356 g/mol. The molecule has 4 heterocycles. The molecular weight excluding hydrogens is 340 g/mol. The van der Waals surface area contributed by atoms with E-state index in [4.69, 9.17) is 4.42 Å². The second kappa shape index (κ2) is 6.52. The molecule has 0 atom stereocenters. The summed E-state index contributed by atoms with van der Waals surface area (Å²) in [6.45, 7) is 3.45. The van der Waals surface area contributed by atoms with Crippen LogP contribution in [0.5, 0.6) is 0 Å². The van der Waals surface area contributed by atoms with Gasteiger partial charge in [0.15, 0.2) is 10.9 Å². The van der Waals surface area contributed by atoms with Crippen molar-refractivity contribution in [1.29, 1.82) is 0 Å². The molecule has 0 spiro atoms. The Bertz CT molecular complexity index is 905. The average Bonchev–Trinajstić information content (AvgIpc) is 3.25. The topological polar surface area (TPSA) is 96.2 Å². The van der Waals surface area contributed by atoms with Crippen molar-refractivity contribution in [3.63, 3.8) is 0 Å². The summed E-state index contributed by atoms with van der Waals surface area (Å²) < 4.78 is 5.80. The number of carbonyl (C=O) groups is 1. The summed E-state index contributed by atoms with van der Waals surface area (Å²) in [4.78, 5) is 26.5. The minimum Gasteiger partial charge on any atom is -0.422 e. The molecule has 4 rings (SSSR count). The molecule has 0 aromatic carbocycles. The summed E-state index contributed by atoms with van der Waals surface area (Å²) in [6, 6.07) is 6.04. The molecule has 9 heteroatoms. The van der Waals surface area contributed by atoms with E-state index in [0.29, 0.717) is 36.4 Å². The van der Waals surface area contributed by atoms with Gasteiger partial charge in [0.05, 0.1) is 11.9 Å². The van der Waals surface area contributed by atoms with Crippen LogP contribution in [0.3, 0.4) is 0 Å². The molecule has 0 saturated carbocycles. The number of hydrogen-bond donors (Lipinski definition) is 2. The minimum absolute atomic E-state index is 0.0333. The van der Waals surface area contributed by atoms with Gasteiger partial charge in [0.2, 0.25) is 5.91 Å². The standard InChI is InChI=1S/C16H16N6O2S/c1-10-9-25-15(19-10)21-13-4-2-3-11(20-13)12-7-18-16(24-12)22-6-5-17-14(23)8-22/h2-4,7,9H,5-6,8H2,1H3,(H,17,23)(H,19,20,21). The van der Waals surface area contributed by atoms with Crippen LogP contribution in [0, 0.1) is 6.92 Å². The van der Waals surface area contributed by atoms with Gasteiger partial charge in [-0.2, -0.15) is 0 Å². The third kappa shape index (κ3) is 3.45. The number of anilines is 3. The van der Waals surface area contributed by atoms with Crippen molar-refractivity contribution < 1.29 is 9.21 Å². The number of hydrogen-bond acceptors (Lipinski definition) is 8. The van der Waals surface area contributed by atoms with Crippen LogP contribution < -0.4 is 15.5 Å². The van der Waals surface area contributed by atoms with Gasteiger partial charge in [-0.1, -0.05) is 6.07 Å². The van der Waals surface area contributed by atoms with E-state index < -0.39 is 0 Å². The van der Waals surface area contributed by atoms with Gasteiger partial charge in [-0.25, -0.2) is 15.0 Å². The number of carbonyl (C=O) groups excluding carboxylic acids is 1. The molecule has 0 unspecified atom stereocenters. The minimum atomic E-state index is -0.0333. The van der Waals surface area contributed by atoms with E-state index in [9.17, 15) is 4.79 Å². The number of nitrogens with one attached hydrogen (secondary N) is 2. The SMILES string of the molecule is Cc1csc(Nc2cccc(-c3cnc(N4CCNC(=O)C4)o3)n2)n1. The van der Waals surface area contributed by atoms with Gasteiger partial charge >= 0.3 is 0 Å². The maximum Gasteiger partial charge on any atom is 0.298 e. The van der Waals surface area contributed by atoms with E-state index in [-0.39, 0.29) is 12.5 Å². The number of amides is 1. The Hall–Kier alpha value is -2.94. The van der Waals surface area contributed by atoms with E-state index in [1.807, 2.05) is 35.4 Å². The number of rotatable bonds is 4. The van der Waals surface area contributed by atoms with E-state index in [0.717, 1.165) is 10.8 Å². The molecular formula is C16H16N6O2S. The highest BCUT2D eigenvalue weighted by molar-refractivity contribution is 7.13. The predicted octanol–water partition coefficient (Wildman–Crippen LogP) is 2.18. The van der Waals surface area contributed by atoms with Crippen molar-refractivity contribution in [3.8, 4) is 11.5 Å². The summed E-state index contributed by atoms with van der Waals surface area (Å²) in [5.74, 6) is 1.20. The Morgan fingerprint density at radius 3 is 3.08 bits per heavy atom. The van der Waals surface area contributed by atoms with Crippen LogP contribution in [-0.2, 0) is 4.79 Å². The molecule has 8 nitrogen and oxygen atoms in total. The fourth-order valence-electron chi connectivity index (χ4n) is 2.49. The van der Waals surface area contributed by atoms with Crippen molar-refractivity contribution in [3.05, 3.63) is 35.5 Å². The molecule has 128 valence electrons. The fraction of sp³-hybridized carbons (Fsp3) is 0.250. The Labute approximate surface area is 147 Å². The first-order chi connectivity index (χ1) is 12.2. The molecule has 3 aromatic rings. The van der Waals surface area contributed by atoms with E-state index in [1.165, 1.54) is 11.3 Å². The molecule has 0 aliphatic carbocycles. The van der Waals surface area contributed by atoms with Crippen LogP contribution in [0.2, 0.25) is 0 Å². The third-order valence-corrected chi connectivity index (χ3v) is 4.53. The molecule has 1 fully saturated rings. The lowest BCUT2D eigenvalue weighted by Gasteiger charge is -2.24. The van der Waals surface area contributed by atoms with Crippen LogP contribution in [-0.4, -0.2) is 40.5 Å². The molecule has 0 radical (unpaired) electrons. The molecule has 1 saturated heterocycles. The monoisotopic (exact) mass is 356 g/mol. The molecule has 2 N–H and O–H groups in total. The zero-order chi connectivity index (χ0) is 17.2. The van der Waals surface area contributed by atoms with Crippen molar-refractivity contribution >= 4 is 34.2 Å². The first-order valence-electron chi connectivity index (χ1n) is 7.81. The van der Waals surface area contributed by atoms with Crippen LogP contribution in [0.4, 0.5) is 17.0 Å². The Balaban J connectivity index is 1.54. The van der Waals surface area contributed by atoms with Gasteiger partial charge in [-0.3, -0.25) is 4.79 Å². The second-order valence-corrected chi connectivity index (χ2v) is 6.46. The third-order valence-electron chi connectivity index (χ3n) is 3.66. The smallest absolute Gasteiger partial charge is 0.298 e. The summed E-state index contributed by atoms with van der Waals surface area (Å²) in [5, 5.41) is 8.73. The summed E-state index contributed by atoms with van der Waals surface area (Å²) in [5.41, 5.74) is 1.63. The van der Waals surface area contributed by atoms with Crippen LogP contribution in [0.15, 0.2) is 34.2 Å². The van der Waals surface area contributed by atoms with Gasteiger partial charge in [-0.05, 0) is 19.1 Å². The highest BCUT2D eigenvalue weighted by atomic mass is 32.1. The quantitative estimate of drug-likeness (QED) is 0.739. The highest BCUT2D eigenvalue weighted by Crippen LogP contribution is 2.26. The number of nitrogens with zero attached hydrogens (tertiary/aromatic N) is 4. The number of piperazine rings is 1. The largest absolute Gasteiger partial charge is 0.422 e. The van der Waals surface area contributed by atoms with E-state index in [2.05, 4.69) is 25.6 Å². The number of aromatic nitrogens is 3. The van der Waals surface area contributed by atoms with Gasteiger partial charge in [-0.15, -0.1) is 11.3 Å². The normalized spacial score (nSPS) is 14.4. The Morgan fingerprint density at radius 2 is 2.28 bits per heavy atom. The maximum atomic E-state index is 11.5. The van der Waals surface area contributed by atoms with E-state index >= 15 is 0 Å². The van der Waals surface area contributed by atoms with E-state index in [1.54, 1.807) is 6.20 Å². The maximum absolute atomic E-state index is 11.5. The lowest BCUT2D eigenvalue weighted by Crippen LogP contribution is -2.47. The first kappa shape index (κ1) is 15.6.